The van der Waals surface area contributed by atoms with Gasteiger partial charge in [-0.05, 0) is 34.5 Å². The average Bonchev–Trinajstić information content (AvgIpc) is 3.42. The van der Waals surface area contributed by atoms with Crippen LogP contribution in [0.15, 0.2) is 52.2 Å². The summed E-state index contributed by atoms with van der Waals surface area (Å²) in [5.41, 5.74) is 8.19. The van der Waals surface area contributed by atoms with Crippen LogP contribution in [0.25, 0.3) is 11.1 Å². The number of ether oxygens (including phenoxy) is 1. The normalized spacial score (nSPS) is 13.4. The van der Waals surface area contributed by atoms with Crippen molar-refractivity contribution in [3.8, 4) is 23.3 Å². The van der Waals surface area contributed by atoms with Gasteiger partial charge in [0.05, 0.1) is 11.3 Å². The Hall–Kier alpha value is -4.06. The Balaban J connectivity index is 1.33. The number of nitrogens with zero attached hydrogens (tertiary/aromatic N) is 4. The van der Waals surface area contributed by atoms with Crippen molar-refractivity contribution in [3.63, 3.8) is 0 Å². The van der Waals surface area contributed by atoms with Crippen molar-refractivity contribution in [1.82, 2.24) is 9.88 Å². The van der Waals surface area contributed by atoms with Crippen LogP contribution in [-0.2, 0) is 9.53 Å². The number of carbonyl (C=O) groups is 2. The van der Waals surface area contributed by atoms with E-state index < -0.39 is 5.97 Å². The van der Waals surface area contributed by atoms with Gasteiger partial charge in [-0.2, -0.15) is 21.9 Å². The number of nitrogens with one attached hydrogen (secondary N) is 1. The van der Waals surface area contributed by atoms with Gasteiger partial charge in [-0.15, -0.1) is 0 Å². The van der Waals surface area contributed by atoms with Crippen LogP contribution < -0.4 is 11.1 Å². The van der Waals surface area contributed by atoms with Gasteiger partial charge in [0.1, 0.15) is 34.6 Å². The first-order chi connectivity index (χ1) is 17.5. The number of carbonyl (C=O) groups excluding carboxylic acids is 2. The molecule has 0 aliphatic carbocycles. The highest BCUT2D eigenvalue weighted by Gasteiger charge is 2.26. The summed E-state index contributed by atoms with van der Waals surface area (Å²) in [5.74, 6) is -0.502. The lowest BCUT2D eigenvalue weighted by Gasteiger charge is -2.31. The zero-order valence-corrected chi connectivity index (χ0v) is 20.8. The summed E-state index contributed by atoms with van der Waals surface area (Å²) in [6.07, 6.45) is 0.772. The van der Waals surface area contributed by atoms with E-state index in [0.29, 0.717) is 37.1 Å². The number of nitrogen functional groups attached to an aromatic ring is 1. The van der Waals surface area contributed by atoms with E-state index in [9.17, 15) is 20.1 Å². The van der Waals surface area contributed by atoms with Gasteiger partial charge in [-0.1, -0.05) is 30.0 Å². The molecule has 1 aliphatic heterocycles. The first-order valence-electron chi connectivity index (χ1n) is 11.1. The Bertz CT molecular complexity index is 1320. The zero-order chi connectivity index (χ0) is 25.5. The Morgan fingerprint density at radius 1 is 1.17 bits per heavy atom. The molecule has 2 aromatic heterocycles. The van der Waals surface area contributed by atoms with E-state index in [-0.39, 0.29) is 39.9 Å². The van der Waals surface area contributed by atoms with Crippen LogP contribution in [0.2, 0.25) is 0 Å². The van der Waals surface area contributed by atoms with Crippen LogP contribution in [0.3, 0.4) is 0 Å². The largest absolute Gasteiger partial charge is 0.462 e. The van der Waals surface area contributed by atoms with E-state index in [2.05, 4.69) is 16.4 Å². The van der Waals surface area contributed by atoms with Crippen molar-refractivity contribution >= 4 is 46.6 Å². The number of anilines is 2. The smallest absolute Gasteiger partial charge is 0.321 e. The van der Waals surface area contributed by atoms with Crippen molar-refractivity contribution < 1.29 is 14.3 Å². The SMILES string of the molecule is N#Cc1c(N)nc(SCC(=O)OC2CCN(C(=O)Nc3ccccc3)CC2)c(C#N)c1-c1ccsc1. The number of esters is 1. The van der Waals surface area contributed by atoms with Crippen LogP contribution in [-0.4, -0.2) is 46.8 Å². The van der Waals surface area contributed by atoms with Crippen LogP contribution in [0.4, 0.5) is 16.3 Å². The maximum Gasteiger partial charge on any atom is 0.321 e. The molecule has 1 saturated heterocycles. The summed E-state index contributed by atoms with van der Waals surface area (Å²) in [6.45, 7) is 0.945. The van der Waals surface area contributed by atoms with Gasteiger partial charge >= 0.3 is 12.0 Å². The Morgan fingerprint density at radius 2 is 1.89 bits per heavy atom. The minimum Gasteiger partial charge on any atom is -0.462 e. The van der Waals surface area contributed by atoms with Crippen LogP contribution in [0.5, 0.6) is 0 Å². The second-order valence-corrected chi connectivity index (χ2v) is 9.67. The standard InChI is InChI=1S/C25H22N6O3S2/c26-12-19-22(16-8-11-35-14-16)20(13-27)24(30-23(19)28)36-15-21(32)34-18-6-9-31(10-7-18)25(33)29-17-4-2-1-3-5-17/h1-5,8,11,14,18H,6-7,9-10,15H2,(H2,28,30)(H,29,33). The summed E-state index contributed by atoms with van der Waals surface area (Å²) in [4.78, 5) is 30.9. The molecule has 4 rings (SSSR count). The minimum absolute atomic E-state index is 0.00900. The molecule has 3 N–H and O–H groups in total. The monoisotopic (exact) mass is 518 g/mol. The number of benzene rings is 1. The fraction of sp³-hybridized carbons (Fsp3) is 0.240. The number of urea groups is 1. The van der Waals surface area contributed by atoms with Crippen LogP contribution >= 0.6 is 23.1 Å². The third-order valence-corrected chi connectivity index (χ3v) is 7.24. The van der Waals surface area contributed by atoms with Gasteiger partial charge in [0.15, 0.2) is 0 Å². The lowest BCUT2D eigenvalue weighted by atomic mass is 9.99. The quantitative estimate of drug-likeness (QED) is 0.359. The highest BCUT2D eigenvalue weighted by Crippen LogP contribution is 2.36. The predicted molar refractivity (Wildman–Crippen MR) is 138 cm³/mol. The molecule has 9 nitrogen and oxygen atoms in total. The number of aromatic nitrogens is 1. The van der Waals surface area contributed by atoms with Crippen LogP contribution in [0, 0.1) is 22.7 Å². The molecule has 1 fully saturated rings. The number of nitrogens with two attached hydrogens (primary N) is 1. The molecule has 0 saturated carbocycles. The number of para-hydroxylation sites is 1. The van der Waals surface area contributed by atoms with Gasteiger partial charge in [-0.3, -0.25) is 4.79 Å². The number of hydrogen-bond acceptors (Lipinski definition) is 9. The van der Waals surface area contributed by atoms with Crippen molar-refractivity contribution in [1.29, 1.82) is 10.5 Å². The molecule has 182 valence electrons. The summed E-state index contributed by atoms with van der Waals surface area (Å²) >= 11 is 2.49. The van der Waals surface area contributed by atoms with E-state index in [4.69, 9.17) is 10.5 Å². The number of likely N-dealkylation sites (tertiary alicyclic amines) is 1. The van der Waals surface area contributed by atoms with E-state index in [1.54, 1.807) is 11.0 Å². The molecule has 3 aromatic rings. The first kappa shape index (κ1) is 25.0. The number of nitriles is 2. The Morgan fingerprint density at radius 3 is 2.53 bits per heavy atom. The molecule has 0 bridgehead atoms. The lowest BCUT2D eigenvalue weighted by Crippen LogP contribution is -2.43. The summed E-state index contributed by atoms with van der Waals surface area (Å²) < 4.78 is 5.60. The van der Waals surface area contributed by atoms with Crippen LogP contribution in [0.1, 0.15) is 24.0 Å². The van der Waals surface area contributed by atoms with Gasteiger partial charge in [0.25, 0.3) is 0 Å². The molecule has 36 heavy (non-hydrogen) atoms. The number of thioether (sulfide) groups is 1. The minimum atomic E-state index is -0.446. The number of hydrogen-bond donors (Lipinski definition) is 2. The topological polar surface area (TPSA) is 145 Å². The maximum atomic E-state index is 12.5. The Kier molecular flexibility index (Phi) is 8.06. The molecule has 2 amide bonds. The zero-order valence-electron chi connectivity index (χ0n) is 19.1. The maximum absolute atomic E-state index is 12.5. The van der Waals surface area contributed by atoms with Gasteiger partial charge in [-0.25, -0.2) is 9.78 Å². The third-order valence-electron chi connectivity index (χ3n) is 5.60. The highest BCUT2D eigenvalue weighted by atomic mass is 32.2. The van der Waals surface area contributed by atoms with Gasteiger partial charge < -0.3 is 20.7 Å². The van der Waals surface area contributed by atoms with Crippen molar-refractivity contribution in [2.75, 3.05) is 29.9 Å². The fourth-order valence-corrected chi connectivity index (χ4v) is 5.27. The molecule has 0 unspecified atom stereocenters. The Labute approximate surface area is 216 Å². The van der Waals surface area contributed by atoms with Gasteiger partial charge in [0, 0.05) is 37.2 Å². The summed E-state index contributed by atoms with van der Waals surface area (Å²) in [6, 6.07) is 15.0. The number of amides is 2. The first-order valence-corrected chi connectivity index (χ1v) is 13.0. The molecule has 0 radical (unpaired) electrons. The molecule has 3 heterocycles. The molecule has 11 heteroatoms. The predicted octanol–water partition coefficient (Wildman–Crippen LogP) is 4.47. The lowest BCUT2D eigenvalue weighted by molar-refractivity contribution is -0.147. The van der Waals surface area contributed by atoms with Gasteiger partial charge in [0.2, 0.25) is 0 Å². The molecule has 1 aromatic carbocycles. The third kappa shape index (κ3) is 5.77. The van der Waals surface area contributed by atoms with Crippen molar-refractivity contribution in [3.05, 3.63) is 58.3 Å². The highest BCUT2D eigenvalue weighted by molar-refractivity contribution is 7.99. The van der Waals surface area contributed by atoms with E-state index in [0.717, 1.165) is 17.4 Å². The summed E-state index contributed by atoms with van der Waals surface area (Å²) in [7, 11) is 0. The molecule has 1 aliphatic rings. The van der Waals surface area contributed by atoms with Crippen molar-refractivity contribution in [2.24, 2.45) is 0 Å². The van der Waals surface area contributed by atoms with E-state index in [1.807, 2.05) is 47.2 Å². The number of pyridine rings is 1. The molecule has 0 atom stereocenters. The van der Waals surface area contributed by atoms with E-state index >= 15 is 0 Å². The molecule has 0 spiro atoms. The number of piperidine rings is 1. The van der Waals surface area contributed by atoms with E-state index in [1.165, 1.54) is 11.3 Å². The number of rotatable bonds is 6. The molecular formula is C25H22N6O3S2. The molecular weight excluding hydrogens is 496 g/mol. The second kappa shape index (κ2) is 11.6. The summed E-state index contributed by atoms with van der Waals surface area (Å²) in [5, 5.41) is 26.1. The number of thiophene rings is 1. The second-order valence-electron chi connectivity index (χ2n) is 7.92. The van der Waals surface area contributed by atoms with Crippen molar-refractivity contribution in [2.45, 2.75) is 24.0 Å². The average molecular weight is 519 g/mol. The fourth-order valence-electron chi connectivity index (χ4n) is 3.85.